The third kappa shape index (κ3) is 4.79. The Kier molecular flexibility index (Phi) is 6.49. The van der Waals surface area contributed by atoms with Gasteiger partial charge >= 0.3 is 0 Å². The molecule has 8 heteroatoms. The molecular formula is C20H26FN3O4. The van der Waals surface area contributed by atoms with Crippen LogP contribution in [0.3, 0.4) is 0 Å². The second-order valence-electron chi connectivity index (χ2n) is 7.16. The van der Waals surface area contributed by atoms with E-state index in [2.05, 4.69) is 0 Å². The lowest BCUT2D eigenvalue weighted by molar-refractivity contribution is -0.155. The molecule has 0 aromatic heterocycles. The predicted octanol–water partition coefficient (Wildman–Crippen LogP) is 1.28. The van der Waals surface area contributed by atoms with E-state index in [4.69, 9.17) is 4.74 Å². The lowest BCUT2D eigenvalue weighted by Gasteiger charge is -2.38. The van der Waals surface area contributed by atoms with Crippen LogP contribution in [0.2, 0.25) is 0 Å². The summed E-state index contributed by atoms with van der Waals surface area (Å²) in [5.74, 6) is 0.137. The second-order valence-corrected chi connectivity index (χ2v) is 7.16. The molecule has 3 rings (SSSR count). The zero-order chi connectivity index (χ0) is 20.1. The van der Waals surface area contributed by atoms with Crippen LogP contribution in [0.4, 0.5) is 4.39 Å². The molecule has 0 unspecified atom stereocenters. The standard InChI is InChI=1S/C20H26FN3O4/c1-15-20(27)23(11-3-10-22-9-2-4-18(22)25)14-19(26)24(15)12-13-28-17-7-5-16(21)6-8-17/h5-8,15H,2-4,9-14H2,1H3/t15-/m0/s1. The molecule has 2 aliphatic rings. The Hall–Kier alpha value is -2.64. The first kappa shape index (κ1) is 20.1. The predicted molar refractivity (Wildman–Crippen MR) is 100 cm³/mol. The molecule has 0 bridgehead atoms. The Morgan fingerprint density at radius 1 is 1.04 bits per heavy atom. The van der Waals surface area contributed by atoms with Crippen LogP contribution in [0.25, 0.3) is 0 Å². The highest BCUT2D eigenvalue weighted by Gasteiger charge is 2.36. The number of halogens is 1. The minimum atomic E-state index is -0.550. The third-order valence-electron chi connectivity index (χ3n) is 5.23. The molecule has 3 amide bonds. The molecule has 28 heavy (non-hydrogen) atoms. The summed E-state index contributed by atoms with van der Waals surface area (Å²) < 4.78 is 18.4. The van der Waals surface area contributed by atoms with Gasteiger partial charge in [0.15, 0.2) is 0 Å². The van der Waals surface area contributed by atoms with Gasteiger partial charge in [0.25, 0.3) is 0 Å². The summed E-state index contributed by atoms with van der Waals surface area (Å²) in [7, 11) is 0. The fraction of sp³-hybridized carbons (Fsp3) is 0.550. The van der Waals surface area contributed by atoms with E-state index in [-0.39, 0.29) is 36.7 Å². The van der Waals surface area contributed by atoms with Crippen molar-refractivity contribution in [3.8, 4) is 5.75 Å². The number of carbonyl (C=O) groups excluding carboxylic acids is 3. The van der Waals surface area contributed by atoms with Crippen LogP contribution in [0.5, 0.6) is 5.75 Å². The molecule has 1 aromatic carbocycles. The maximum Gasteiger partial charge on any atom is 0.245 e. The van der Waals surface area contributed by atoms with Gasteiger partial charge in [-0.3, -0.25) is 14.4 Å². The van der Waals surface area contributed by atoms with Gasteiger partial charge in [0.05, 0.1) is 13.1 Å². The quantitative estimate of drug-likeness (QED) is 0.669. The van der Waals surface area contributed by atoms with Gasteiger partial charge in [0.1, 0.15) is 24.2 Å². The average Bonchev–Trinajstić information content (AvgIpc) is 3.08. The fourth-order valence-corrected chi connectivity index (χ4v) is 3.64. The first-order valence-electron chi connectivity index (χ1n) is 9.70. The van der Waals surface area contributed by atoms with E-state index in [0.29, 0.717) is 38.2 Å². The lowest BCUT2D eigenvalue weighted by atomic mass is 10.1. The number of amides is 3. The summed E-state index contributed by atoms with van der Waals surface area (Å²) in [5.41, 5.74) is 0. The summed E-state index contributed by atoms with van der Waals surface area (Å²) in [4.78, 5) is 41.6. The van der Waals surface area contributed by atoms with E-state index >= 15 is 0 Å². The smallest absolute Gasteiger partial charge is 0.245 e. The van der Waals surface area contributed by atoms with E-state index in [1.165, 1.54) is 29.2 Å². The van der Waals surface area contributed by atoms with E-state index in [1.54, 1.807) is 11.8 Å². The molecule has 1 aromatic rings. The molecule has 2 saturated heterocycles. The summed E-state index contributed by atoms with van der Waals surface area (Å²) in [6, 6.07) is 5.11. The molecule has 7 nitrogen and oxygen atoms in total. The average molecular weight is 391 g/mol. The van der Waals surface area contributed by atoms with Crippen LogP contribution in [-0.2, 0) is 14.4 Å². The molecule has 0 aliphatic carbocycles. The van der Waals surface area contributed by atoms with Crippen LogP contribution in [0, 0.1) is 5.82 Å². The Morgan fingerprint density at radius 2 is 1.75 bits per heavy atom. The fourth-order valence-electron chi connectivity index (χ4n) is 3.64. The lowest BCUT2D eigenvalue weighted by Crippen LogP contribution is -2.59. The number of hydrogen-bond donors (Lipinski definition) is 0. The highest BCUT2D eigenvalue weighted by atomic mass is 19.1. The molecule has 2 fully saturated rings. The van der Waals surface area contributed by atoms with Gasteiger partial charge in [-0.15, -0.1) is 0 Å². The molecule has 2 aliphatic heterocycles. The number of rotatable bonds is 8. The van der Waals surface area contributed by atoms with Gasteiger partial charge in [0.2, 0.25) is 17.7 Å². The minimum Gasteiger partial charge on any atom is -0.492 e. The minimum absolute atomic E-state index is 0.0493. The number of nitrogens with zero attached hydrogens (tertiary/aromatic N) is 3. The number of likely N-dealkylation sites (tertiary alicyclic amines) is 1. The van der Waals surface area contributed by atoms with Gasteiger partial charge in [-0.1, -0.05) is 0 Å². The number of hydrogen-bond acceptors (Lipinski definition) is 4. The Bertz CT molecular complexity index is 725. The van der Waals surface area contributed by atoms with E-state index in [1.807, 2.05) is 4.90 Å². The maximum absolute atomic E-state index is 12.9. The van der Waals surface area contributed by atoms with Crippen molar-refractivity contribution in [2.75, 3.05) is 39.3 Å². The van der Waals surface area contributed by atoms with Crippen molar-refractivity contribution in [2.45, 2.75) is 32.2 Å². The van der Waals surface area contributed by atoms with Crippen LogP contribution >= 0.6 is 0 Å². The van der Waals surface area contributed by atoms with Crippen molar-refractivity contribution in [3.63, 3.8) is 0 Å². The summed E-state index contributed by atoms with van der Waals surface area (Å²) in [6.45, 7) is 4.16. The van der Waals surface area contributed by atoms with E-state index < -0.39 is 6.04 Å². The zero-order valence-electron chi connectivity index (χ0n) is 16.1. The van der Waals surface area contributed by atoms with Gasteiger partial charge in [-0.25, -0.2) is 4.39 Å². The van der Waals surface area contributed by atoms with E-state index in [9.17, 15) is 18.8 Å². The topological polar surface area (TPSA) is 70.2 Å². The largest absolute Gasteiger partial charge is 0.492 e. The number of ether oxygens (including phenoxy) is 1. The van der Waals surface area contributed by atoms with Crippen LogP contribution in [0.1, 0.15) is 26.2 Å². The van der Waals surface area contributed by atoms with Crippen LogP contribution < -0.4 is 4.74 Å². The Morgan fingerprint density at radius 3 is 2.43 bits per heavy atom. The molecule has 0 saturated carbocycles. The summed E-state index contributed by atoms with van der Waals surface area (Å²) >= 11 is 0. The highest BCUT2D eigenvalue weighted by Crippen LogP contribution is 2.16. The summed E-state index contributed by atoms with van der Waals surface area (Å²) in [6.07, 6.45) is 2.17. The second kappa shape index (κ2) is 9.03. The monoisotopic (exact) mass is 391 g/mol. The van der Waals surface area contributed by atoms with Gasteiger partial charge in [0, 0.05) is 26.1 Å². The molecule has 152 valence electrons. The summed E-state index contributed by atoms with van der Waals surface area (Å²) in [5, 5.41) is 0. The van der Waals surface area contributed by atoms with Gasteiger partial charge in [-0.2, -0.15) is 0 Å². The molecule has 0 spiro atoms. The maximum atomic E-state index is 12.9. The molecule has 1 atom stereocenters. The Balaban J connectivity index is 1.44. The number of benzene rings is 1. The Labute approximate surface area is 164 Å². The van der Waals surface area contributed by atoms with Crippen molar-refractivity contribution in [2.24, 2.45) is 0 Å². The van der Waals surface area contributed by atoms with Crippen molar-refractivity contribution >= 4 is 17.7 Å². The number of piperazine rings is 1. The van der Waals surface area contributed by atoms with E-state index in [0.717, 1.165) is 13.0 Å². The van der Waals surface area contributed by atoms with Gasteiger partial charge in [-0.05, 0) is 44.0 Å². The first-order chi connectivity index (χ1) is 13.5. The zero-order valence-corrected chi connectivity index (χ0v) is 16.1. The number of carbonyl (C=O) groups is 3. The molecule has 2 heterocycles. The van der Waals surface area contributed by atoms with Crippen molar-refractivity contribution in [1.29, 1.82) is 0 Å². The molecular weight excluding hydrogens is 365 g/mol. The van der Waals surface area contributed by atoms with Crippen LogP contribution in [-0.4, -0.2) is 77.8 Å². The van der Waals surface area contributed by atoms with Crippen molar-refractivity contribution in [1.82, 2.24) is 14.7 Å². The van der Waals surface area contributed by atoms with Crippen LogP contribution in [0.15, 0.2) is 24.3 Å². The van der Waals surface area contributed by atoms with Crippen molar-refractivity contribution < 1.29 is 23.5 Å². The highest BCUT2D eigenvalue weighted by molar-refractivity contribution is 5.94. The van der Waals surface area contributed by atoms with Crippen molar-refractivity contribution in [3.05, 3.63) is 30.1 Å². The third-order valence-corrected chi connectivity index (χ3v) is 5.23. The van der Waals surface area contributed by atoms with Gasteiger partial charge < -0.3 is 19.4 Å². The first-order valence-corrected chi connectivity index (χ1v) is 9.70. The SMILES string of the molecule is C[C@H]1C(=O)N(CCCN2CCCC2=O)CC(=O)N1CCOc1ccc(F)cc1. The normalized spacial score (nSPS) is 20.3. The molecule has 0 N–H and O–H groups in total. The molecule has 0 radical (unpaired) electrons.